The Balaban J connectivity index is 1.80. The number of methoxy groups -OCH3 is 1. The van der Waals surface area contributed by atoms with Gasteiger partial charge in [0, 0.05) is 26.1 Å². The van der Waals surface area contributed by atoms with Gasteiger partial charge in [0.05, 0.1) is 6.10 Å². The van der Waals surface area contributed by atoms with Crippen molar-refractivity contribution in [2.45, 2.75) is 118 Å². The van der Waals surface area contributed by atoms with Crippen molar-refractivity contribution in [2.75, 3.05) is 13.7 Å². The third-order valence-corrected chi connectivity index (χ3v) is 10.6. The molecule has 1 N–H and O–H groups in total. The SMILES string of the molecule is CO[C@H]1CCC(C)[C@H]2CC[C@]3(C)[C@@H]([C@H](C)CCCC(C)C)CC[C@H]3[C@@H]2C[C@H](CCO)C(=O)C1. The first kappa shape index (κ1) is 27.2. The molecule has 3 aliphatic carbocycles. The van der Waals surface area contributed by atoms with Gasteiger partial charge in [-0.3, -0.25) is 4.79 Å². The second-order valence-electron chi connectivity index (χ2n) is 13.0. The first-order valence-electron chi connectivity index (χ1n) is 14.4. The Morgan fingerprint density at radius 2 is 1.82 bits per heavy atom. The molecular formula is C30H54O3. The monoisotopic (exact) mass is 462 g/mol. The molecule has 3 heteroatoms. The van der Waals surface area contributed by atoms with Crippen molar-refractivity contribution in [3.63, 3.8) is 0 Å². The fourth-order valence-electron chi connectivity index (χ4n) is 8.64. The van der Waals surface area contributed by atoms with Crippen LogP contribution >= 0.6 is 0 Å². The number of aliphatic hydroxyl groups excluding tert-OH is 1. The molecule has 0 amide bonds. The molecule has 192 valence electrons. The van der Waals surface area contributed by atoms with E-state index in [0.29, 0.717) is 35.9 Å². The molecule has 3 rings (SSSR count). The lowest BCUT2D eigenvalue weighted by Gasteiger charge is -2.52. The number of aliphatic hydroxyl groups is 1. The van der Waals surface area contributed by atoms with Gasteiger partial charge in [0.1, 0.15) is 5.78 Å². The second-order valence-corrected chi connectivity index (χ2v) is 13.0. The van der Waals surface area contributed by atoms with Crippen molar-refractivity contribution < 1.29 is 14.6 Å². The van der Waals surface area contributed by atoms with Crippen LogP contribution in [-0.2, 0) is 9.53 Å². The van der Waals surface area contributed by atoms with Crippen molar-refractivity contribution in [3.8, 4) is 0 Å². The number of ketones is 1. The topological polar surface area (TPSA) is 46.5 Å². The smallest absolute Gasteiger partial charge is 0.138 e. The van der Waals surface area contributed by atoms with Crippen LogP contribution < -0.4 is 0 Å². The molecule has 3 aliphatic rings. The first-order chi connectivity index (χ1) is 15.7. The van der Waals surface area contributed by atoms with E-state index in [2.05, 4.69) is 34.6 Å². The Kier molecular flexibility index (Phi) is 9.90. The normalized spacial score (nSPS) is 41.0. The zero-order valence-corrected chi connectivity index (χ0v) is 22.7. The van der Waals surface area contributed by atoms with E-state index in [1.807, 2.05) is 0 Å². The average molecular weight is 463 g/mol. The molecule has 0 aromatic rings. The van der Waals surface area contributed by atoms with Crippen molar-refractivity contribution in [2.24, 2.45) is 52.8 Å². The van der Waals surface area contributed by atoms with Crippen molar-refractivity contribution in [1.82, 2.24) is 0 Å². The Bertz CT molecular complexity index is 616. The number of carbonyl (C=O) groups excluding carboxylic acids is 1. The van der Waals surface area contributed by atoms with Gasteiger partial charge >= 0.3 is 0 Å². The molecule has 3 fully saturated rings. The highest BCUT2D eigenvalue weighted by atomic mass is 16.5. The molecule has 1 unspecified atom stereocenters. The van der Waals surface area contributed by atoms with Crippen LogP contribution in [0.4, 0.5) is 0 Å². The summed E-state index contributed by atoms with van der Waals surface area (Å²) in [6.07, 6.45) is 13.9. The predicted molar refractivity (Wildman–Crippen MR) is 137 cm³/mol. The zero-order valence-electron chi connectivity index (χ0n) is 22.7. The number of rotatable bonds is 8. The van der Waals surface area contributed by atoms with E-state index in [1.165, 1.54) is 51.4 Å². The number of carbonyl (C=O) groups is 1. The van der Waals surface area contributed by atoms with Crippen molar-refractivity contribution >= 4 is 5.78 Å². The van der Waals surface area contributed by atoms with Crippen LogP contribution in [0.5, 0.6) is 0 Å². The number of fused-ring (bicyclic) bond motifs is 3. The highest BCUT2D eigenvalue weighted by Crippen LogP contribution is 2.63. The van der Waals surface area contributed by atoms with Gasteiger partial charge in [0.25, 0.3) is 0 Å². The highest BCUT2D eigenvalue weighted by molar-refractivity contribution is 5.81. The highest BCUT2D eigenvalue weighted by Gasteiger charge is 2.55. The Morgan fingerprint density at radius 3 is 2.48 bits per heavy atom. The van der Waals surface area contributed by atoms with E-state index in [9.17, 15) is 9.90 Å². The summed E-state index contributed by atoms with van der Waals surface area (Å²) in [6, 6.07) is 0. The van der Waals surface area contributed by atoms with Crippen molar-refractivity contribution in [3.05, 3.63) is 0 Å². The predicted octanol–water partition coefficient (Wildman–Crippen LogP) is 7.30. The van der Waals surface area contributed by atoms with Gasteiger partial charge in [-0.25, -0.2) is 0 Å². The molecular weight excluding hydrogens is 408 g/mol. The molecule has 0 heterocycles. The molecule has 0 radical (unpaired) electrons. The maximum Gasteiger partial charge on any atom is 0.138 e. The van der Waals surface area contributed by atoms with Crippen molar-refractivity contribution in [1.29, 1.82) is 0 Å². The summed E-state index contributed by atoms with van der Waals surface area (Å²) in [5, 5.41) is 9.79. The maximum absolute atomic E-state index is 13.3. The van der Waals surface area contributed by atoms with Crippen LogP contribution in [-0.4, -0.2) is 30.7 Å². The summed E-state index contributed by atoms with van der Waals surface area (Å²) in [5.74, 6) is 5.63. The summed E-state index contributed by atoms with van der Waals surface area (Å²) in [7, 11) is 1.76. The molecule has 0 spiro atoms. The number of Topliss-reactive ketones (excluding diaryl/α,β-unsaturated/α-hetero) is 1. The van der Waals surface area contributed by atoms with Gasteiger partial charge in [-0.1, -0.05) is 53.9 Å². The van der Waals surface area contributed by atoms with Crippen LogP contribution in [0.25, 0.3) is 0 Å². The largest absolute Gasteiger partial charge is 0.396 e. The summed E-state index contributed by atoms with van der Waals surface area (Å²) >= 11 is 0. The average Bonchev–Trinajstić information content (AvgIpc) is 3.12. The lowest BCUT2D eigenvalue weighted by molar-refractivity contribution is -0.128. The minimum absolute atomic E-state index is 0.00955. The van der Waals surface area contributed by atoms with E-state index >= 15 is 0 Å². The molecule has 33 heavy (non-hydrogen) atoms. The quantitative estimate of drug-likeness (QED) is 0.411. The minimum atomic E-state index is 0.00955. The van der Waals surface area contributed by atoms with Gasteiger partial charge in [-0.15, -0.1) is 0 Å². The minimum Gasteiger partial charge on any atom is -0.396 e. The molecule has 0 aromatic heterocycles. The van der Waals surface area contributed by atoms with Crippen LogP contribution in [0.1, 0.15) is 112 Å². The van der Waals surface area contributed by atoms with E-state index in [4.69, 9.17) is 4.74 Å². The first-order valence-corrected chi connectivity index (χ1v) is 14.4. The van der Waals surface area contributed by atoms with E-state index in [0.717, 1.165) is 42.4 Å². The van der Waals surface area contributed by atoms with E-state index < -0.39 is 0 Å². The molecule has 3 saturated carbocycles. The fraction of sp³-hybridized carbons (Fsp3) is 0.967. The van der Waals surface area contributed by atoms with Gasteiger partial charge in [0.2, 0.25) is 0 Å². The number of hydrogen-bond acceptors (Lipinski definition) is 3. The lowest BCUT2D eigenvalue weighted by atomic mass is 9.53. The second kappa shape index (κ2) is 12.0. The van der Waals surface area contributed by atoms with Crippen LogP contribution in [0.2, 0.25) is 0 Å². The number of ether oxygens (including phenoxy) is 1. The third kappa shape index (κ3) is 6.24. The fourth-order valence-corrected chi connectivity index (χ4v) is 8.64. The summed E-state index contributed by atoms with van der Waals surface area (Å²) in [6.45, 7) is 12.4. The Labute approximate surface area is 204 Å². The molecule has 0 saturated heterocycles. The lowest BCUT2D eigenvalue weighted by Crippen LogP contribution is -2.46. The van der Waals surface area contributed by atoms with Gasteiger partial charge in [0.15, 0.2) is 0 Å². The van der Waals surface area contributed by atoms with E-state index in [1.54, 1.807) is 7.11 Å². The summed E-state index contributed by atoms with van der Waals surface area (Å²) < 4.78 is 5.69. The Hall–Kier alpha value is -0.410. The number of hydrogen-bond donors (Lipinski definition) is 1. The van der Waals surface area contributed by atoms with Gasteiger partial charge in [-0.2, -0.15) is 0 Å². The Morgan fingerprint density at radius 1 is 1.06 bits per heavy atom. The molecule has 0 aromatic carbocycles. The zero-order chi connectivity index (χ0) is 24.2. The summed E-state index contributed by atoms with van der Waals surface area (Å²) in [5.41, 5.74) is 0.435. The van der Waals surface area contributed by atoms with Crippen LogP contribution in [0, 0.1) is 52.8 Å². The third-order valence-electron chi connectivity index (χ3n) is 10.6. The molecule has 3 nitrogen and oxygen atoms in total. The summed E-state index contributed by atoms with van der Waals surface area (Å²) in [4.78, 5) is 13.3. The van der Waals surface area contributed by atoms with E-state index in [-0.39, 0.29) is 18.6 Å². The molecule has 9 atom stereocenters. The van der Waals surface area contributed by atoms with Gasteiger partial charge < -0.3 is 9.84 Å². The van der Waals surface area contributed by atoms with Crippen LogP contribution in [0.3, 0.4) is 0 Å². The van der Waals surface area contributed by atoms with Gasteiger partial charge in [-0.05, 0) is 98.2 Å². The molecule has 0 aliphatic heterocycles. The standard InChI is InChI=1S/C30H54O3/c1-20(2)8-7-9-22(4)27-12-13-28-26-18-23(15-17-31)29(32)19-24(33-6)11-10-21(3)25(26)14-16-30(27,28)5/h20-28,31H,7-19H2,1-6H3/t21?,22-,23+,24+,25-,26-,27-,28+,30-/m1/s1. The maximum atomic E-state index is 13.3. The van der Waals surface area contributed by atoms with Crippen LogP contribution in [0.15, 0.2) is 0 Å². The molecule has 0 bridgehead atoms.